The van der Waals surface area contributed by atoms with Gasteiger partial charge in [0.2, 0.25) is 0 Å². The first-order valence-corrected chi connectivity index (χ1v) is 10.4. The number of aryl methyl sites for hydroxylation is 1. The quantitative estimate of drug-likeness (QED) is 0.323. The molecule has 2 N–H and O–H groups in total. The average Bonchev–Trinajstić information content (AvgIpc) is 2.77. The molecular weight excluding hydrogens is 406 g/mol. The van der Waals surface area contributed by atoms with Crippen LogP contribution < -0.4 is 20.2 Å². The zero-order valence-corrected chi connectivity index (χ0v) is 18.6. The predicted molar refractivity (Wildman–Crippen MR) is 125 cm³/mol. The van der Waals surface area contributed by atoms with Crippen molar-refractivity contribution in [2.24, 2.45) is 11.0 Å². The molecular formula is C25H29N3O4. The second-order valence-corrected chi connectivity index (χ2v) is 7.57. The minimum absolute atomic E-state index is 0.129. The summed E-state index contributed by atoms with van der Waals surface area (Å²) in [7, 11) is 0. The summed E-state index contributed by atoms with van der Waals surface area (Å²) in [6.45, 7) is 5.79. The molecule has 2 aromatic rings. The summed E-state index contributed by atoms with van der Waals surface area (Å²) in [6, 6.07) is 13.9. The first-order chi connectivity index (χ1) is 15.4. The summed E-state index contributed by atoms with van der Waals surface area (Å²) in [5.41, 5.74) is 4.08. The maximum Gasteiger partial charge on any atom is 0.262 e. The number of hydrogen-bond acceptors (Lipinski definition) is 5. The van der Waals surface area contributed by atoms with Gasteiger partial charge in [0.1, 0.15) is 24.1 Å². The van der Waals surface area contributed by atoms with Crippen LogP contribution in [0.4, 0.5) is 0 Å². The molecule has 168 valence electrons. The Labute approximate surface area is 189 Å². The summed E-state index contributed by atoms with van der Waals surface area (Å²) in [5.74, 6) is 2.98. The van der Waals surface area contributed by atoms with E-state index in [4.69, 9.17) is 15.9 Å². The Balaban J connectivity index is 1.96. The van der Waals surface area contributed by atoms with Crippen molar-refractivity contribution in [1.29, 1.82) is 0 Å². The number of hydrazone groups is 1. The average molecular weight is 436 g/mol. The van der Waals surface area contributed by atoms with E-state index in [0.29, 0.717) is 23.5 Å². The molecule has 7 nitrogen and oxygen atoms in total. The molecule has 0 spiro atoms. The molecule has 0 fully saturated rings. The Bertz CT molecular complexity index is 979. The van der Waals surface area contributed by atoms with Gasteiger partial charge in [-0.15, -0.1) is 6.42 Å². The van der Waals surface area contributed by atoms with E-state index in [-0.39, 0.29) is 25.0 Å². The third-order valence-electron chi connectivity index (χ3n) is 4.42. The van der Waals surface area contributed by atoms with Crippen molar-refractivity contribution in [2.45, 2.75) is 33.2 Å². The lowest BCUT2D eigenvalue weighted by molar-refractivity contribution is -0.130. The number of ether oxygens (including phenoxy) is 2. The zero-order valence-electron chi connectivity index (χ0n) is 18.6. The molecule has 1 atom stereocenters. The molecule has 2 rings (SSSR count). The summed E-state index contributed by atoms with van der Waals surface area (Å²) < 4.78 is 11.0. The van der Waals surface area contributed by atoms with Gasteiger partial charge in [0, 0.05) is 5.56 Å². The molecule has 0 saturated heterocycles. The normalized spacial score (nSPS) is 11.6. The smallest absolute Gasteiger partial charge is 0.262 e. The lowest BCUT2D eigenvalue weighted by atomic mass is 10.0. The van der Waals surface area contributed by atoms with Crippen LogP contribution in [0.1, 0.15) is 31.4 Å². The van der Waals surface area contributed by atoms with Crippen molar-refractivity contribution in [2.75, 3.05) is 13.2 Å². The Morgan fingerprint density at radius 1 is 1.09 bits per heavy atom. The maximum absolute atomic E-state index is 12.7. The van der Waals surface area contributed by atoms with Gasteiger partial charge in [-0.1, -0.05) is 50.1 Å². The van der Waals surface area contributed by atoms with Gasteiger partial charge in [-0.3, -0.25) is 9.59 Å². The van der Waals surface area contributed by atoms with Crippen molar-refractivity contribution in [3.8, 4) is 23.8 Å². The van der Waals surface area contributed by atoms with Gasteiger partial charge in [0.25, 0.3) is 11.8 Å². The first-order valence-electron chi connectivity index (χ1n) is 10.4. The third-order valence-corrected chi connectivity index (χ3v) is 4.42. The highest BCUT2D eigenvalue weighted by Crippen LogP contribution is 2.16. The standard InChI is InChI=1S/C25H29N3O4/c1-5-14-31-23-13-9-7-11-20(23)16-26-28-25(30)21(15-18(2)3)27-24(29)17-32-22-12-8-6-10-19(22)4/h1,6-13,16,18,21H,14-15,17H2,2-4H3,(H,27,29)(H,28,30)/b26-16-/t21-/m0/s1. The largest absolute Gasteiger partial charge is 0.484 e. The van der Waals surface area contributed by atoms with Crippen molar-refractivity contribution < 1.29 is 19.1 Å². The Morgan fingerprint density at radius 3 is 2.47 bits per heavy atom. The Morgan fingerprint density at radius 2 is 1.78 bits per heavy atom. The van der Waals surface area contributed by atoms with Gasteiger partial charge in [-0.2, -0.15) is 5.10 Å². The number of carbonyl (C=O) groups excluding carboxylic acids is 2. The SMILES string of the molecule is C#CCOc1ccccc1/C=N\NC(=O)[C@H](CC(C)C)NC(=O)COc1ccccc1C. The molecule has 0 saturated carbocycles. The fourth-order valence-corrected chi connectivity index (χ4v) is 2.88. The van der Waals surface area contributed by atoms with Crippen LogP contribution >= 0.6 is 0 Å². The monoisotopic (exact) mass is 435 g/mol. The van der Waals surface area contributed by atoms with Crippen LogP contribution in [0, 0.1) is 25.2 Å². The lowest BCUT2D eigenvalue weighted by Gasteiger charge is -2.19. The van der Waals surface area contributed by atoms with Gasteiger partial charge < -0.3 is 14.8 Å². The minimum Gasteiger partial charge on any atom is -0.484 e. The fourth-order valence-electron chi connectivity index (χ4n) is 2.88. The van der Waals surface area contributed by atoms with Crippen molar-refractivity contribution >= 4 is 18.0 Å². The highest BCUT2D eigenvalue weighted by molar-refractivity contribution is 5.89. The van der Waals surface area contributed by atoms with Gasteiger partial charge in [-0.05, 0) is 43.0 Å². The molecule has 7 heteroatoms. The van der Waals surface area contributed by atoms with Gasteiger partial charge in [-0.25, -0.2) is 5.43 Å². The van der Waals surface area contributed by atoms with E-state index in [9.17, 15) is 9.59 Å². The number of carbonyl (C=O) groups is 2. The fraction of sp³-hybridized carbons (Fsp3) is 0.320. The highest BCUT2D eigenvalue weighted by atomic mass is 16.5. The number of para-hydroxylation sites is 2. The van der Waals surface area contributed by atoms with E-state index < -0.39 is 11.9 Å². The Kier molecular flexibility index (Phi) is 9.79. The highest BCUT2D eigenvalue weighted by Gasteiger charge is 2.22. The Hall–Kier alpha value is -3.79. The van der Waals surface area contributed by atoms with Gasteiger partial charge in [0.05, 0.1) is 6.21 Å². The molecule has 2 aromatic carbocycles. The van der Waals surface area contributed by atoms with Gasteiger partial charge in [0.15, 0.2) is 6.61 Å². The molecule has 32 heavy (non-hydrogen) atoms. The van der Waals surface area contributed by atoms with E-state index in [1.54, 1.807) is 18.2 Å². The van der Waals surface area contributed by atoms with Crippen LogP contribution in [0.5, 0.6) is 11.5 Å². The molecule has 0 aliphatic carbocycles. The number of rotatable bonds is 11. The van der Waals surface area contributed by atoms with Crippen molar-refractivity contribution in [3.63, 3.8) is 0 Å². The van der Waals surface area contributed by atoms with Crippen LogP contribution in [-0.4, -0.2) is 37.3 Å². The predicted octanol–water partition coefficient (Wildman–Crippen LogP) is 3.07. The van der Waals surface area contributed by atoms with E-state index in [0.717, 1.165) is 5.56 Å². The van der Waals surface area contributed by atoms with E-state index in [1.807, 2.05) is 51.1 Å². The number of nitrogens with zero attached hydrogens (tertiary/aromatic N) is 1. The van der Waals surface area contributed by atoms with Crippen LogP contribution in [0.25, 0.3) is 0 Å². The van der Waals surface area contributed by atoms with Crippen LogP contribution in [-0.2, 0) is 9.59 Å². The number of terminal acetylenes is 1. The molecule has 0 aliphatic heterocycles. The number of amides is 2. The molecule has 2 amide bonds. The molecule has 0 bridgehead atoms. The molecule has 0 aliphatic rings. The number of benzene rings is 2. The maximum atomic E-state index is 12.7. The lowest BCUT2D eigenvalue weighted by Crippen LogP contribution is -2.47. The summed E-state index contributed by atoms with van der Waals surface area (Å²) in [4.78, 5) is 25.0. The van der Waals surface area contributed by atoms with Crippen LogP contribution in [0.2, 0.25) is 0 Å². The van der Waals surface area contributed by atoms with Crippen molar-refractivity contribution in [3.05, 3.63) is 59.7 Å². The summed E-state index contributed by atoms with van der Waals surface area (Å²) in [6.07, 6.45) is 7.16. The second kappa shape index (κ2) is 12.8. The van der Waals surface area contributed by atoms with E-state index in [1.165, 1.54) is 6.21 Å². The first kappa shape index (κ1) is 24.5. The molecule has 0 radical (unpaired) electrons. The third kappa shape index (κ3) is 8.15. The minimum atomic E-state index is -0.743. The number of hydrogen-bond donors (Lipinski definition) is 2. The summed E-state index contributed by atoms with van der Waals surface area (Å²) in [5, 5.41) is 6.74. The molecule has 0 unspecified atom stereocenters. The van der Waals surface area contributed by atoms with E-state index >= 15 is 0 Å². The van der Waals surface area contributed by atoms with Gasteiger partial charge >= 0.3 is 0 Å². The summed E-state index contributed by atoms with van der Waals surface area (Å²) >= 11 is 0. The van der Waals surface area contributed by atoms with E-state index in [2.05, 4.69) is 21.8 Å². The van der Waals surface area contributed by atoms with Crippen molar-refractivity contribution in [1.82, 2.24) is 10.7 Å². The topological polar surface area (TPSA) is 89.0 Å². The van der Waals surface area contributed by atoms with Crippen LogP contribution in [0.15, 0.2) is 53.6 Å². The number of nitrogens with one attached hydrogen (secondary N) is 2. The zero-order chi connectivity index (χ0) is 23.3. The molecule has 0 aromatic heterocycles. The van der Waals surface area contributed by atoms with Crippen LogP contribution in [0.3, 0.4) is 0 Å². The second-order valence-electron chi connectivity index (χ2n) is 7.57. The molecule has 0 heterocycles.